The smallest absolute Gasteiger partial charge is 0.109 e. The van der Waals surface area contributed by atoms with Crippen LogP contribution in [0.1, 0.15) is 82.1 Å². The summed E-state index contributed by atoms with van der Waals surface area (Å²) in [5, 5.41) is 19.5. The van der Waals surface area contributed by atoms with E-state index in [1.165, 1.54) is 0 Å². The Kier molecular flexibility index (Phi) is 22.8. The zero-order chi connectivity index (χ0) is 42.4. The van der Waals surface area contributed by atoms with Gasteiger partial charge >= 0.3 is 0 Å². The van der Waals surface area contributed by atoms with Gasteiger partial charge in [0.05, 0.1) is 103 Å². The van der Waals surface area contributed by atoms with E-state index in [1.807, 2.05) is 0 Å². The van der Waals surface area contributed by atoms with Gasteiger partial charge < -0.3 is 51.8 Å². The van der Waals surface area contributed by atoms with Crippen LogP contribution in [0.3, 0.4) is 0 Å². The van der Waals surface area contributed by atoms with Gasteiger partial charge in [0.25, 0.3) is 0 Å². The zero-order valence-electron chi connectivity index (χ0n) is 36.5. The van der Waals surface area contributed by atoms with Gasteiger partial charge in [-0.25, -0.2) is 0 Å². The van der Waals surface area contributed by atoms with Gasteiger partial charge in [0.15, 0.2) is 0 Å². The number of ether oxygens (including phenoxy) is 3. The van der Waals surface area contributed by atoms with Crippen molar-refractivity contribution in [2.45, 2.75) is 131 Å². The lowest BCUT2D eigenvalue weighted by atomic mass is 9.90. The fourth-order valence-corrected chi connectivity index (χ4v) is 35.0. The highest BCUT2D eigenvalue weighted by Crippen LogP contribution is 2.65. The minimum Gasteiger partial charge on any atom is -0.388 e. The molecule has 0 bridgehead atoms. The van der Waals surface area contributed by atoms with Gasteiger partial charge in [-0.1, -0.05) is 42.0 Å². The Morgan fingerprint density at radius 1 is 0.436 bits per heavy atom. The molecule has 332 valence electrons. The standard InChI is InChI=1S/C15H33O4P3.C13H29O6P3.C9H18O.CH4/c1-12-13(2)15(19-14(12)3)8-9-21(6,17)11-22(7,18)10-20(4,5)16;1-10-12(14)13(15)11(19-10)6-7-21(4,17)9-22(5,18)8-20(2,3)16;1-5-9-7(3)6(2)8(4)10-9;/h12-15H,8-11H2,1-7H3;10-15H,6-9H2,1-5H3;6-9H,5H2,1-4H3;1H4/t12?,13-,14+,15-,21?,22?;10-,11+,12?,13-,21?,22?;6?,7-,8+,9-;/m101./s1. The maximum Gasteiger partial charge on any atom is 0.109 e. The normalized spacial score (nSPS) is 36.8. The minimum atomic E-state index is -2.72. The summed E-state index contributed by atoms with van der Waals surface area (Å²) in [7, 11) is -15.2. The lowest BCUT2D eigenvalue weighted by Gasteiger charge is -2.23. The predicted octanol–water partition coefficient (Wildman–Crippen LogP) is 10.5. The van der Waals surface area contributed by atoms with E-state index in [-0.39, 0.29) is 43.2 Å². The summed E-state index contributed by atoms with van der Waals surface area (Å²) in [6, 6.07) is 0. The summed E-state index contributed by atoms with van der Waals surface area (Å²) >= 11 is 0. The van der Waals surface area contributed by atoms with Crippen molar-refractivity contribution in [3.8, 4) is 0 Å². The molecule has 3 fully saturated rings. The lowest BCUT2D eigenvalue weighted by Crippen LogP contribution is -2.31. The van der Waals surface area contributed by atoms with E-state index >= 15 is 0 Å². The third-order valence-electron chi connectivity index (χ3n) is 11.3. The molecule has 16 atom stereocenters. The van der Waals surface area contributed by atoms with Gasteiger partial charge in [0.1, 0.15) is 12.2 Å². The molecule has 0 saturated carbocycles. The number of rotatable bonds is 15. The summed E-state index contributed by atoms with van der Waals surface area (Å²) in [6.07, 6.45) is 1.64. The summed E-state index contributed by atoms with van der Waals surface area (Å²) in [5.41, 5.74) is 0. The first-order valence-electron chi connectivity index (χ1n) is 19.7. The highest BCUT2D eigenvalue weighted by Gasteiger charge is 2.42. The Labute approximate surface area is 337 Å². The van der Waals surface area contributed by atoms with Gasteiger partial charge in [0.2, 0.25) is 0 Å². The van der Waals surface area contributed by atoms with Gasteiger partial charge in [-0.3, -0.25) is 0 Å². The molecule has 2 N–H and O–H groups in total. The molecule has 0 amide bonds. The maximum absolute atomic E-state index is 12.8. The van der Waals surface area contributed by atoms with Crippen molar-refractivity contribution < 1.29 is 51.8 Å². The summed E-state index contributed by atoms with van der Waals surface area (Å²) in [5.74, 6) is 3.16. The maximum atomic E-state index is 12.8. The number of aliphatic hydroxyl groups is 2. The minimum absolute atomic E-state index is 0. The Morgan fingerprint density at radius 2 is 0.764 bits per heavy atom. The first-order chi connectivity index (χ1) is 24.1. The molecule has 0 aromatic rings. The highest BCUT2D eigenvalue weighted by atomic mass is 31.2. The monoisotopic (exact) mass is 902 g/mol. The Balaban J connectivity index is 0.000000840. The molecule has 3 heterocycles. The van der Waals surface area contributed by atoms with E-state index in [0.29, 0.717) is 42.8 Å². The summed E-state index contributed by atoms with van der Waals surface area (Å²) in [4.78, 5) is 0. The van der Waals surface area contributed by atoms with Crippen LogP contribution >= 0.6 is 42.9 Å². The lowest BCUT2D eigenvalue weighted by molar-refractivity contribution is 0.0149. The van der Waals surface area contributed by atoms with E-state index in [4.69, 9.17) is 14.2 Å². The quantitative estimate of drug-likeness (QED) is 0.150. The molecular weight excluding hydrogens is 818 g/mol. The van der Waals surface area contributed by atoms with Gasteiger partial charge in [-0.2, -0.15) is 0 Å². The molecule has 11 nitrogen and oxygen atoms in total. The molecule has 0 aliphatic carbocycles. The molecule has 17 heteroatoms. The number of hydrogen-bond donors (Lipinski definition) is 2. The predicted molar refractivity (Wildman–Crippen MR) is 240 cm³/mol. The Hall–Kier alpha value is 1.18. The van der Waals surface area contributed by atoms with Crippen LogP contribution in [0.15, 0.2) is 0 Å². The molecule has 55 heavy (non-hydrogen) atoms. The SMILES string of the molecule is C.CC1[C@H](C)O[C@H](CCP(C)(=O)CP(C)(=O)CP(C)(C)=O)[C@@H]1C.CC[C@H]1O[C@@H](C)C(C)[C@H]1C.C[C@@H]1O[C@H](CCP(C)(=O)CP(C)(=O)CP(C)(C)=O)[C@H](O)C1O. The summed E-state index contributed by atoms with van der Waals surface area (Å²) in [6.45, 7) is 30.2. The van der Waals surface area contributed by atoms with E-state index < -0.39 is 67.3 Å². The van der Waals surface area contributed by atoms with Crippen molar-refractivity contribution in [3.05, 3.63) is 0 Å². The van der Waals surface area contributed by atoms with Gasteiger partial charge in [-0.15, -0.1) is 0 Å². The van der Waals surface area contributed by atoms with Gasteiger partial charge in [0, 0.05) is 12.3 Å². The second-order valence-corrected chi connectivity index (χ2v) is 41.0. The van der Waals surface area contributed by atoms with E-state index in [0.717, 1.165) is 24.7 Å². The average Bonchev–Trinajstić information content (AvgIpc) is 3.47. The topological polar surface area (TPSA) is 171 Å². The highest BCUT2D eigenvalue weighted by molar-refractivity contribution is 7.87. The third kappa shape index (κ3) is 20.5. The molecule has 7 unspecified atom stereocenters. The van der Waals surface area contributed by atoms with Crippen LogP contribution in [0.2, 0.25) is 0 Å². The molecule has 0 aromatic carbocycles. The molecular formula is C38H84O11P6. The van der Waals surface area contributed by atoms with Gasteiger partial charge in [-0.05, 0) is 117 Å². The number of aliphatic hydroxyl groups excluding tert-OH is 2. The van der Waals surface area contributed by atoms with Crippen molar-refractivity contribution in [2.75, 3.05) is 89.3 Å². The molecule has 3 aliphatic rings. The second kappa shape index (κ2) is 22.3. The van der Waals surface area contributed by atoms with Crippen LogP contribution in [0.5, 0.6) is 0 Å². The summed E-state index contributed by atoms with van der Waals surface area (Å²) < 4.78 is 91.6. The molecule has 0 spiro atoms. The van der Waals surface area contributed by atoms with Crippen LogP contribution in [0.4, 0.5) is 0 Å². The Morgan fingerprint density at radius 3 is 1.02 bits per heavy atom. The van der Waals surface area contributed by atoms with Crippen LogP contribution in [-0.2, 0) is 41.6 Å². The first kappa shape index (κ1) is 56.2. The fourth-order valence-electron chi connectivity index (χ4n) is 8.29. The molecule has 0 radical (unpaired) electrons. The third-order valence-corrected chi connectivity index (χ3v) is 33.6. The first-order valence-corrected chi connectivity index (χ1v) is 35.4. The van der Waals surface area contributed by atoms with Crippen molar-refractivity contribution in [1.29, 1.82) is 0 Å². The average molecular weight is 903 g/mol. The molecule has 0 aromatic heterocycles. The molecule has 3 saturated heterocycles. The second-order valence-electron chi connectivity index (χ2n) is 18.9. The van der Waals surface area contributed by atoms with Crippen molar-refractivity contribution in [3.63, 3.8) is 0 Å². The number of hydrogen-bond acceptors (Lipinski definition) is 11. The van der Waals surface area contributed by atoms with E-state index in [1.54, 1.807) is 60.2 Å². The zero-order valence-corrected chi connectivity index (χ0v) is 41.9. The van der Waals surface area contributed by atoms with Crippen LogP contribution in [0.25, 0.3) is 0 Å². The van der Waals surface area contributed by atoms with Crippen molar-refractivity contribution >= 4 is 42.9 Å². The largest absolute Gasteiger partial charge is 0.388 e. The van der Waals surface area contributed by atoms with Crippen LogP contribution < -0.4 is 0 Å². The van der Waals surface area contributed by atoms with E-state index in [2.05, 4.69) is 48.5 Å². The van der Waals surface area contributed by atoms with Crippen LogP contribution in [-0.4, -0.2) is 148 Å². The Bertz CT molecular complexity index is 1380. The van der Waals surface area contributed by atoms with Crippen LogP contribution in [0, 0.1) is 23.7 Å². The molecule has 3 aliphatic heterocycles. The molecule has 3 rings (SSSR count). The van der Waals surface area contributed by atoms with Crippen molar-refractivity contribution in [1.82, 2.24) is 0 Å². The van der Waals surface area contributed by atoms with E-state index in [9.17, 15) is 37.6 Å². The fraction of sp³-hybridized carbons (Fsp3) is 1.00. The van der Waals surface area contributed by atoms with Crippen molar-refractivity contribution in [2.24, 2.45) is 23.7 Å².